The molecule has 0 fully saturated rings. The number of rotatable bonds is 5. The molecule has 2 aromatic carbocycles. The van der Waals surface area contributed by atoms with Crippen molar-refractivity contribution in [2.75, 3.05) is 5.32 Å². The Bertz CT molecular complexity index is 1420. The van der Waals surface area contributed by atoms with Gasteiger partial charge >= 0.3 is 5.97 Å². The van der Waals surface area contributed by atoms with Crippen LogP contribution in [0.4, 0.5) is 5.00 Å². The monoisotopic (exact) mass is 471 g/mol. The predicted molar refractivity (Wildman–Crippen MR) is 128 cm³/mol. The molecule has 0 saturated carbocycles. The number of ether oxygens (including phenoxy) is 1. The van der Waals surface area contributed by atoms with Gasteiger partial charge in [-0.05, 0) is 61.4 Å². The van der Waals surface area contributed by atoms with Crippen molar-refractivity contribution in [3.05, 3.63) is 82.1 Å². The molecule has 1 amide bonds. The van der Waals surface area contributed by atoms with Crippen LogP contribution in [0.1, 0.15) is 51.2 Å². The summed E-state index contributed by atoms with van der Waals surface area (Å²) in [4.78, 5) is 30.5. The second-order valence-electron chi connectivity index (χ2n) is 8.24. The molecule has 2 unspecified atom stereocenters. The van der Waals surface area contributed by atoms with Crippen LogP contribution in [0.2, 0.25) is 0 Å². The molecule has 34 heavy (non-hydrogen) atoms. The van der Waals surface area contributed by atoms with Crippen molar-refractivity contribution in [2.24, 2.45) is 0 Å². The van der Waals surface area contributed by atoms with Crippen molar-refractivity contribution in [1.82, 2.24) is 4.98 Å². The topological polar surface area (TPSA) is 105 Å². The summed E-state index contributed by atoms with van der Waals surface area (Å²) in [5, 5.41) is 13.1. The number of hydrogen-bond acceptors (Lipinski definition) is 7. The normalized spacial score (nSPS) is 15.8. The van der Waals surface area contributed by atoms with Gasteiger partial charge in [0.15, 0.2) is 18.1 Å². The second-order valence-corrected chi connectivity index (χ2v) is 9.35. The van der Waals surface area contributed by atoms with Crippen LogP contribution < -0.4 is 5.32 Å². The Morgan fingerprint density at radius 1 is 1.26 bits per heavy atom. The highest BCUT2D eigenvalue weighted by molar-refractivity contribution is 7.16. The number of nitrogens with one attached hydrogen (secondary N) is 1. The average molecular weight is 472 g/mol. The van der Waals surface area contributed by atoms with Crippen molar-refractivity contribution in [3.8, 4) is 6.07 Å². The third-order valence-electron chi connectivity index (χ3n) is 6.10. The molecular formula is C26H21N3O4S. The highest BCUT2D eigenvalue weighted by Gasteiger charge is 2.28. The van der Waals surface area contributed by atoms with Crippen LogP contribution >= 0.6 is 11.3 Å². The zero-order chi connectivity index (χ0) is 23.7. The number of oxazole rings is 1. The molecule has 1 aliphatic carbocycles. The summed E-state index contributed by atoms with van der Waals surface area (Å²) in [7, 11) is 0. The van der Waals surface area contributed by atoms with Crippen molar-refractivity contribution in [1.29, 1.82) is 5.26 Å². The van der Waals surface area contributed by atoms with E-state index in [2.05, 4.69) is 28.5 Å². The van der Waals surface area contributed by atoms with Crippen molar-refractivity contribution in [2.45, 2.75) is 38.2 Å². The number of nitriles is 1. The van der Waals surface area contributed by atoms with Gasteiger partial charge in [-0.3, -0.25) is 4.79 Å². The highest BCUT2D eigenvalue weighted by Crippen LogP contribution is 2.42. The minimum Gasteiger partial charge on any atom is -0.449 e. The van der Waals surface area contributed by atoms with Gasteiger partial charge in [-0.15, -0.1) is 11.3 Å². The molecule has 7 nitrogen and oxygen atoms in total. The van der Waals surface area contributed by atoms with Crippen LogP contribution in [0.25, 0.3) is 11.1 Å². The third kappa shape index (κ3) is 4.18. The van der Waals surface area contributed by atoms with Gasteiger partial charge in [-0.2, -0.15) is 5.26 Å². The molecule has 0 spiro atoms. The van der Waals surface area contributed by atoms with Crippen LogP contribution in [0.15, 0.2) is 59.3 Å². The quantitative estimate of drug-likeness (QED) is 0.400. The smallest absolute Gasteiger partial charge is 0.338 e. The molecule has 5 rings (SSSR count). The molecule has 0 radical (unpaired) electrons. The highest BCUT2D eigenvalue weighted by atomic mass is 32.1. The van der Waals surface area contributed by atoms with E-state index < -0.39 is 18.0 Å². The van der Waals surface area contributed by atoms with Crippen molar-refractivity contribution >= 4 is 39.3 Å². The number of hydrogen-bond donors (Lipinski definition) is 1. The number of carbonyl (C=O) groups excluding carboxylic acids is 2. The average Bonchev–Trinajstić information content (AvgIpc) is 3.47. The molecule has 170 valence electrons. The number of aromatic nitrogens is 1. The first-order chi connectivity index (χ1) is 16.5. The van der Waals surface area contributed by atoms with Crippen LogP contribution in [0, 0.1) is 11.3 Å². The maximum absolute atomic E-state index is 12.8. The maximum Gasteiger partial charge on any atom is 0.338 e. The Morgan fingerprint density at radius 2 is 2.09 bits per heavy atom. The van der Waals surface area contributed by atoms with Crippen molar-refractivity contribution in [3.63, 3.8) is 0 Å². The molecule has 0 bridgehead atoms. The van der Waals surface area contributed by atoms with Crippen LogP contribution in [0.5, 0.6) is 0 Å². The molecular weight excluding hydrogens is 450 g/mol. The summed E-state index contributed by atoms with van der Waals surface area (Å²) in [5.74, 6) is -0.723. The molecule has 2 aromatic heterocycles. The number of carbonyl (C=O) groups is 2. The Hall–Kier alpha value is -3.96. The number of benzene rings is 2. The number of anilines is 1. The van der Waals surface area contributed by atoms with E-state index in [-0.39, 0.29) is 5.56 Å². The lowest BCUT2D eigenvalue weighted by Gasteiger charge is -2.22. The summed E-state index contributed by atoms with van der Waals surface area (Å²) in [5.41, 5.74) is 4.17. The molecule has 1 aliphatic rings. The lowest BCUT2D eigenvalue weighted by molar-refractivity contribution is -0.123. The summed E-state index contributed by atoms with van der Waals surface area (Å²) >= 11 is 1.43. The first kappa shape index (κ1) is 21.9. The van der Waals surface area contributed by atoms with E-state index in [1.54, 1.807) is 18.2 Å². The van der Waals surface area contributed by atoms with E-state index >= 15 is 0 Å². The molecule has 4 aromatic rings. The Morgan fingerprint density at radius 3 is 2.88 bits per heavy atom. The van der Waals surface area contributed by atoms with Gasteiger partial charge in [0, 0.05) is 4.88 Å². The molecule has 0 saturated heterocycles. The van der Waals surface area contributed by atoms with Crippen LogP contribution in [0.3, 0.4) is 0 Å². The van der Waals surface area contributed by atoms with E-state index in [1.165, 1.54) is 30.2 Å². The Labute approximate surface area is 200 Å². The van der Waals surface area contributed by atoms with Gasteiger partial charge < -0.3 is 14.5 Å². The van der Waals surface area contributed by atoms with E-state index in [0.717, 1.165) is 29.7 Å². The number of amides is 1. The zero-order valence-electron chi connectivity index (χ0n) is 18.4. The van der Waals surface area contributed by atoms with Gasteiger partial charge in [0.05, 0.1) is 11.1 Å². The molecule has 1 N–H and O–H groups in total. The fourth-order valence-corrected chi connectivity index (χ4v) is 5.56. The molecule has 0 aliphatic heterocycles. The number of nitrogens with zero attached hydrogens (tertiary/aromatic N) is 2. The van der Waals surface area contributed by atoms with Gasteiger partial charge in [0.2, 0.25) is 0 Å². The molecule has 2 heterocycles. The van der Waals surface area contributed by atoms with Gasteiger partial charge in [0.25, 0.3) is 5.91 Å². The number of fused-ring (bicyclic) bond motifs is 2. The standard InChI is InChI=1S/C26H21N3O4S/c1-15(33-26(31)18-8-10-22-21(11-18)28-14-32-22)24(30)29-25-20(13-27)19-9-7-17(12-23(19)34-25)16-5-3-2-4-6-16/h2-6,8,10-11,14-15,17H,7,9,12H2,1H3,(H,29,30). The second kappa shape index (κ2) is 9.12. The lowest BCUT2D eigenvalue weighted by Crippen LogP contribution is -2.30. The zero-order valence-corrected chi connectivity index (χ0v) is 19.2. The Balaban J connectivity index is 1.28. The minimum atomic E-state index is -1.04. The minimum absolute atomic E-state index is 0.275. The van der Waals surface area contributed by atoms with Crippen LogP contribution in [-0.2, 0) is 22.4 Å². The summed E-state index contributed by atoms with van der Waals surface area (Å²) in [6, 6.07) is 17.3. The number of thiophene rings is 1. The van der Waals surface area contributed by atoms with E-state index in [4.69, 9.17) is 9.15 Å². The van der Waals surface area contributed by atoms with Crippen LogP contribution in [-0.4, -0.2) is 23.0 Å². The van der Waals surface area contributed by atoms with Gasteiger partial charge in [-0.25, -0.2) is 9.78 Å². The van der Waals surface area contributed by atoms with E-state index in [9.17, 15) is 14.9 Å². The predicted octanol–water partition coefficient (Wildman–Crippen LogP) is 5.22. The van der Waals surface area contributed by atoms with E-state index in [1.807, 2.05) is 18.2 Å². The van der Waals surface area contributed by atoms with Gasteiger partial charge in [-0.1, -0.05) is 30.3 Å². The molecule has 2 atom stereocenters. The maximum atomic E-state index is 12.8. The Kier molecular flexibility index (Phi) is 5.86. The first-order valence-electron chi connectivity index (χ1n) is 11.0. The van der Waals surface area contributed by atoms with Crippen molar-refractivity contribution < 1.29 is 18.7 Å². The van der Waals surface area contributed by atoms with Gasteiger partial charge in [0.1, 0.15) is 16.6 Å². The first-order valence-corrected chi connectivity index (χ1v) is 11.8. The molecule has 8 heteroatoms. The number of esters is 1. The fraction of sp³-hybridized carbons (Fsp3) is 0.231. The summed E-state index contributed by atoms with van der Waals surface area (Å²) < 4.78 is 10.5. The third-order valence-corrected chi connectivity index (χ3v) is 7.27. The summed E-state index contributed by atoms with van der Waals surface area (Å²) in [6.45, 7) is 1.51. The van der Waals surface area contributed by atoms with E-state index in [0.29, 0.717) is 27.6 Å². The lowest BCUT2D eigenvalue weighted by atomic mass is 9.83. The fourth-order valence-electron chi connectivity index (χ4n) is 4.28. The largest absolute Gasteiger partial charge is 0.449 e. The SMILES string of the molecule is CC(OC(=O)c1ccc2ocnc2c1)C(=O)Nc1sc2c(c1C#N)CCC(c1ccccc1)C2. The summed E-state index contributed by atoms with van der Waals surface area (Å²) in [6.07, 6.45) is 2.84.